The van der Waals surface area contributed by atoms with Crippen molar-refractivity contribution in [2.75, 3.05) is 7.11 Å². The molecule has 1 aromatic heterocycles. The first kappa shape index (κ1) is 12.4. The summed E-state index contributed by atoms with van der Waals surface area (Å²) in [6.45, 7) is 0. The summed E-state index contributed by atoms with van der Waals surface area (Å²) >= 11 is 0. The van der Waals surface area contributed by atoms with Crippen molar-refractivity contribution in [1.82, 2.24) is 0 Å². The van der Waals surface area contributed by atoms with Crippen molar-refractivity contribution in [3.63, 3.8) is 0 Å². The molecular weight excluding hydrogens is 242 g/mol. The Morgan fingerprint density at radius 2 is 1.84 bits per heavy atom. The van der Waals surface area contributed by atoms with E-state index in [9.17, 15) is 0 Å². The normalized spacial score (nSPS) is 9.42. The lowest BCUT2D eigenvalue weighted by Gasteiger charge is -2.04. The molecular formula is C14H9N3O2. The lowest BCUT2D eigenvalue weighted by atomic mass is 10.1. The third-order valence-electron chi connectivity index (χ3n) is 2.59. The summed E-state index contributed by atoms with van der Waals surface area (Å²) < 4.78 is 10.3. The van der Waals surface area contributed by atoms with Crippen LogP contribution in [0, 0.1) is 28.1 Å². The van der Waals surface area contributed by atoms with Crippen molar-refractivity contribution in [3.05, 3.63) is 47.0 Å². The molecule has 92 valence electrons. The van der Waals surface area contributed by atoms with E-state index < -0.39 is 0 Å². The molecule has 2 rings (SSSR count). The van der Waals surface area contributed by atoms with Crippen LogP contribution in [0.15, 0.2) is 34.7 Å². The van der Waals surface area contributed by atoms with E-state index in [1.165, 1.54) is 6.07 Å². The van der Waals surface area contributed by atoms with Crippen LogP contribution in [0.1, 0.15) is 11.1 Å². The fraction of sp³-hybridized carbons (Fsp3) is 0.0714. The average Bonchev–Trinajstić information content (AvgIpc) is 2.46. The SMILES string of the molecule is COc1ccc(-c2cc(C#N)c(C#N)c(=N)o2)cc1. The van der Waals surface area contributed by atoms with Crippen LogP contribution in [-0.2, 0) is 0 Å². The van der Waals surface area contributed by atoms with Gasteiger partial charge in [-0.25, -0.2) is 0 Å². The van der Waals surface area contributed by atoms with Gasteiger partial charge in [0, 0.05) is 11.6 Å². The Balaban J connectivity index is 2.58. The van der Waals surface area contributed by atoms with Gasteiger partial charge in [0.25, 0.3) is 0 Å². The molecule has 0 amide bonds. The Morgan fingerprint density at radius 1 is 1.16 bits per heavy atom. The van der Waals surface area contributed by atoms with Gasteiger partial charge >= 0.3 is 0 Å². The fourth-order valence-electron chi connectivity index (χ4n) is 1.61. The molecule has 19 heavy (non-hydrogen) atoms. The van der Waals surface area contributed by atoms with Crippen LogP contribution in [-0.4, -0.2) is 7.11 Å². The summed E-state index contributed by atoms with van der Waals surface area (Å²) in [4.78, 5) is 0. The molecule has 5 heteroatoms. The number of hydrogen-bond donors (Lipinski definition) is 1. The number of ether oxygens (including phenoxy) is 1. The number of rotatable bonds is 2. The topological polar surface area (TPSA) is 93.8 Å². The molecule has 0 radical (unpaired) electrons. The Kier molecular flexibility index (Phi) is 3.31. The lowest BCUT2D eigenvalue weighted by molar-refractivity contribution is 0.415. The third-order valence-corrected chi connectivity index (χ3v) is 2.59. The van der Waals surface area contributed by atoms with E-state index in [0.717, 1.165) is 0 Å². The van der Waals surface area contributed by atoms with E-state index in [-0.39, 0.29) is 16.7 Å². The van der Waals surface area contributed by atoms with Crippen LogP contribution in [0.3, 0.4) is 0 Å². The highest BCUT2D eigenvalue weighted by Gasteiger charge is 2.10. The van der Waals surface area contributed by atoms with Crippen molar-refractivity contribution in [1.29, 1.82) is 15.9 Å². The zero-order valence-electron chi connectivity index (χ0n) is 10.1. The van der Waals surface area contributed by atoms with E-state index >= 15 is 0 Å². The van der Waals surface area contributed by atoms with Gasteiger partial charge in [0.15, 0.2) is 0 Å². The van der Waals surface area contributed by atoms with Gasteiger partial charge in [-0.2, -0.15) is 10.5 Å². The zero-order chi connectivity index (χ0) is 13.8. The number of nitrogens with one attached hydrogen (secondary N) is 1. The Hall–Kier alpha value is -3.05. The van der Waals surface area contributed by atoms with Gasteiger partial charge in [0.2, 0.25) is 5.55 Å². The summed E-state index contributed by atoms with van der Waals surface area (Å²) in [6, 6.07) is 12.1. The molecule has 0 unspecified atom stereocenters. The van der Waals surface area contributed by atoms with Crippen LogP contribution < -0.4 is 10.3 Å². The molecule has 0 atom stereocenters. The molecule has 0 saturated heterocycles. The molecule has 0 saturated carbocycles. The predicted octanol–water partition coefficient (Wildman–Crippen LogP) is 2.18. The van der Waals surface area contributed by atoms with Crippen LogP contribution in [0.25, 0.3) is 11.3 Å². The second-order valence-corrected chi connectivity index (χ2v) is 3.68. The van der Waals surface area contributed by atoms with Crippen molar-refractivity contribution in [2.24, 2.45) is 0 Å². The Bertz CT molecular complexity index is 746. The highest BCUT2D eigenvalue weighted by Crippen LogP contribution is 2.22. The van der Waals surface area contributed by atoms with Crippen LogP contribution >= 0.6 is 0 Å². The van der Waals surface area contributed by atoms with Gasteiger partial charge in [-0.05, 0) is 24.3 Å². The standard InChI is InChI=1S/C14H9N3O2/c1-18-11-4-2-9(3-5-11)13-6-10(7-15)12(8-16)14(17)19-13/h2-6,17H,1H3. The first-order valence-corrected chi connectivity index (χ1v) is 5.37. The second-order valence-electron chi connectivity index (χ2n) is 3.68. The highest BCUT2D eigenvalue weighted by molar-refractivity contribution is 5.61. The van der Waals surface area contributed by atoms with Crippen molar-refractivity contribution >= 4 is 0 Å². The predicted molar refractivity (Wildman–Crippen MR) is 66.0 cm³/mol. The minimum absolute atomic E-state index is 0.0558. The summed E-state index contributed by atoms with van der Waals surface area (Å²) in [5, 5.41) is 25.5. The van der Waals surface area contributed by atoms with E-state index in [4.69, 9.17) is 25.1 Å². The number of nitrogens with zero attached hydrogens (tertiary/aromatic N) is 2. The average molecular weight is 251 g/mol. The molecule has 0 aliphatic carbocycles. The number of hydrogen-bond acceptors (Lipinski definition) is 5. The first-order chi connectivity index (χ1) is 9.19. The van der Waals surface area contributed by atoms with Gasteiger partial charge in [-0.1, -0.05) is 0 Å². The van der Waals surface area contributed by atoms with Crippen molar-refractivity contribution in [2.45, 2.75) is 0 Å². The molecule has 0 bridgehead atoms. The largest absolute Gasteiger partial charge is 0.497 e. The Labute approximate surface area is 109 Å². The van der Waals surface area contributed by atoms with Gasteiger partial charge in [0.05, 0.1) is 12.7 Å². The molecule has 5 nitrogen and oxygen atoms in total. The maximum atomic E-state index is 8.98. The summed E-state index contributed by atoms with van der Waals surface area (Å²) in [5.41, 5.74) is 0.465. The first-order valence-electron chi connectivity index (χ1n) is 5.37. The molecule has 1 heterocycles. The quantitative estimate of drug-likeness (QED) is 0.884. The van der Waals surface area contributed by atoms with E-state index in [2.05, 4.69) is 0 Å². The number of benzene rings is 1. The van der Waals surface area contributed by atoms with E-state index in [1.54, 1.807) is 37.4 Å². The summed E-state index contributed by atoms with van der Waals surface area (Å²) in [7, 11) is 1.57. The van der Waals surface area contributed by atoms with E-state index in [0.29, 0.717) is 17.1 Å². The zero-order valence-corrected chi connectivity index (χ0v) is 10.1. The maximum absolute atomic E-state index is 8.98. The summed E-state index contributed by atoms with van der Waals surface area (Å²) in [5.74, 6) is 1.06. The van der Waals surface area contributed by atoms with Gasteiger partial charge in [-0.15, -0.1) is 0 Å². The summed E-state index contributed by atoms with van der Waals surface area (Å²) in [6.07, 6.45) is 0. The molecule has 0 aliphatic heterocycles. The van der Waals surface area contributed by atoms with Gasteiger partial charge in [0.1, 0.15) is 29.2 Å². The molecule has 1 aromatic carbocycles. The minimum Gasteiger partial charge on any atom is -0.497 e. The van der Waals surface area contributed by atoms with Gasteiger partial charge < -0.3 is 9.15 Å². The van der Waals surface area contributed by atoms with Crippen LogP contribution in [0.4, 0.5) is 0 Å². The number of nitriles is 2. The number of methoxy groups -OCH3 is 1. The second kappa shape index (κ2) is 5.07. The van der Waals surface area contributed by atoms with E-state index in [1.807, 2.05) is 6.07 Å². The van der Waals surface area contributed by atoms with Crippen LogP contribution in [0.5, 0.6) is 5.75 Å². The van der Waals surface area contributed by atoms with Gasteiger partial charge in [-0.3, -0.25) is 5.41 Å². The fourth-order valence-corrected chi connectivity index (χ4v) is 1.61. The van der Waals surface area contributed by atoms with Crippen molar-refractivity contribution < 1.29 is 9.15 Å². The van der Waals surface area contributed by atoms with Crippen molar-refractivity contribution in [3.8, 4) is 29.2 Å². The molecule has 1 N–H and O–H groups in total. The third kappa shape index (κ3) is 2.31. The Morgan fingerprint density at radius 3 is 2.37 bits per heavy atom. The maximum Gasteiger partial charge on any atom is 0.231 e. The minimum atomic E-state index is -0.313. The monoisotopic (exact) mass is 251 g/mol. The molecule has 0 spiro atoms. The lowest BCUT2D eigenvalue weighted by Crippen LogP contribution is -2.07. The van der Waals surface area contributed by atoms with Crippen LogP contribution in [0.2, 0.25) is 0 Å². The highest BCUT2D eigenvalue weighted by atomic mass is 16.5. The molecule has 2 aromatic rings. The molecule has 0 fully saturated rings. The smallest absolute Gasteiger partial charge is 0.231 e. The molecule has 0 aliphatic rings.